The Bertz CT molecular complexity index is 1030. The molecular formula is C21H18ClNO6S. The van der Waals surface area contributed by atoms with Gasteiger partial charge >= 0.3 is 5.97 Å². The minimum absolute atomic E-state index is 0.0891. The molecule has 156 valence electrons. The highest BCUT2D eigenvalue weighted by molar-refractivity contribution is 8.18. The molecule has 30 heavy (non-hydrogen) atoms. The number of aliphatic carboxylic acids is 1. The molecule has 1 heterocycles. The first-order valence-corrected chi connectivity index (χ1v) is 10.0. The van der Waals surface area contributed by atoms with E-state index in [1.54, 1.807) is 6.07 Å². The third-order valence-corrected chi connectivity index (χ3v) is 5.41. The molecule has 0 bridgehead atoms. The lowest BCUT2D eigenvalue weighted by atomic mass is 10.1. The third kappa shape index (κ3) is 4.95. The molecule has 1 saturated heterocycles. The Morgan fingerprint density at radius 1 is 1.23 bits per heavy atom. The van der Waals surface area contributed by atoms with Gasteiger partial charge in [0.05, 0.1) is 23.6 Å². The summed E-state index contributed by atoms with van der Waals surface area (Å²) in [7, 11) is 1.39. The number of ether oxygens (including phenoxy) is 2. The van der Waals surface area contributed by atoms with Gasteiger partial charge in [-0.05, 0) is 48.0 Å². The number of aryl methyl sites for hydroxylation is 1. The van der Waals surface area contributed by atoms with Gasteiger partial charge in [0.25, 0.3) is 11.1 Å². The molecule has 1 fully saturated rings. The molecule has 7 nitrogen and oxygen atoms in total. The number of imide groups is 1. The number of methoxy groups -OCH3 is 1. The van der Waals surface area contributed by atoms with Gasteiger partial charge in [0.2, 0.25) is 0 Å². The lowest BCUT2D eigenvalue weighted by molar-refractivity contribution is -0.139. The second kappa shape index (κ2) is 9.23. The molecule has 0 saturated carbocycles. The summed E-state index contributed by atoms with van der Waals surface area (Å²) in [6.45, 7) is 1.58. The fourth-order valence-corrected chi connectivity index (χ4v) is 3.87. The molecule has 1 aliphatic heterocycles. The van der Waals surface area contributed by atoms with Crippen molar-refractivity contribution in [3.63, 3.8) is 0 Å². The van der Waals surface area contributed by atoms with Crippen LogP contribution in [0.5, 0.6) is 11.5 Å². The van der Waals surface area contributed by atoms with Crippen LogP contribution in [0.2, 0.25) is 5.02 Å². The van der Waals surface area contributed by atoms with Crippen molar-refractivity contribution in [1.82, 2.24) is 4.90 Å². The number of carbonyl (C=O) groups excluding carboxylic acids is 2. The Hall–Kier alpha value is -2.97. The fraction of sp³-hybridized carbons (Fsp3) is 0.190. The van der Waals surface area contributed by atoms with Gasteiger partial charge in [-0.3, -0.25) is 14.5 Å². The fourth-order valence-electron chi connectivity index (χ4n) is 2.76. The summed E-state index contributed by atoms with van der Waals surface area (Å²) in [5.41, 5.74) is 2.46. The molecule has 2 aromatic rings. The van der Waals surface area contributed by atoms with E-state index in [-0.39, 0.29) is 33.2 Å². The van der Waals surface area contributed by atoms with Crippen LogP contribution in [0.3, 0.4) is 0 Å². The van der Waals surface area contributed by atoms with E-state index in [0.717, 1.165) is 22.9 Å². The van der Waals surface area contributed by atoms with E-state index in [1.807, 2.05) is 31.2 Å². The molecule has 0 aromatic heterocycles. The third-order valence-electron chi connectivity index (χ3n) is 4.22. The predicted octanol–water partition coefficient (Wildman–Crippen LogP) is 4.36. The number of carboxylic acids is 1. The highest BCUT2D eigenvalue weighted by Crippen LogP contribution is 2.39. The second-order valence-corrected chi connectivity index (χ2v) is 7.87. The normalized spacial score (nSPS) is 15.0. The van der Waals surface area contributed by atoms with Gasteiger partial charge in [-0.2, -0.15) is 0 Å². The number of hydrogen-bond acceptors (Lipinski definition) is 6. The Labute approximate surface area is 182 Å². The van der Waals surface area contributed by atoms with Gasteiger partial charge in [-0.1, -0.05) is 41.4 Å². The van der Waals surface area contributed by atoms with E-state index >= 15 is 0 Å². The maximum Gasteiger partial charge on any atom is 0.341 e. The Morgan fingerprint density at radius 3 is 2.57 bits per heavy atom. The molecule has 0 aliphatic carbocycles. The molecule has 3 rings (SSSR count). The molecule has 2 aromatic carbocycles. The van der Waals surface area contributed by atoms with Crippen molar-refractivity contribution < 1.29 is 29.0 Å². The van der Waals surface area contributed by atoms with E-state index in [4.69, 9.17) is 26.2 Å². The number of thioether (sulfide) groups is 1. The van der Waals surface area contributed by atoms with Crippen molar-refractivity contribution >= 4 is 46.6 Å². The number of carbonyl (C=O) groups is 3. The van der Waals surface area contributed by atoms with E-state index in [1.165, 1.54) is 24.2 Å². The van der Waals surface area contributed by atoms with Crippen molar-refractivity contribution in [2.24, 2.45) is 0 Å². The summed E-state index contributed by atoms with van der Waals surface area (Å²) in [6.07, 6.45) is 1.54. The zero-order chi connectivity index (χ0) is 21.8. The van der Waals surface area contributed by atoms with Crippen molar-refractivity contribution in [2.75, 3.05) is 13.7 Å². The molecular weight excluding hydrogens is 430 g/mol. The summed E-state index contributed by atoms with van der Waals surface area (Å²) in [5.74, 6) is -1.24. The number of benzene rings is 2. The Balaban J connectivity index is 1.83. The average molecular weight is 448 g/mol. The van der Waals surface area contributed by atoms with Crippen LogP contribution in [-0.4, -0.2) is 40.8 Å². The summed E-state index contributed by atoms with van der Waals surface area (Å²) in [4.78, 5) is 37.3. The zero-order valence-corrected chi connectivity index (χ0v) is 17.7. The highest BCUT2D eigenvalue weighted by atomic mass is 35.5. The van der Waals surface area contributed by atoms with Gasteiger partial charge in [-0.15, -0.1) is 0 Å². The van der Waals surface area contributed by atoms with Crippen LogP contribution in [0.25, 0.3) is 6.08 Å². The summed E-state index contributed by atoms with van der Waals surface area (Å²) < 4.78 is 10.4. The number of nitrogens with zero attached hydrogens (tertiary/aromatic N) is 1. The quantitative estimate of drug-likeness (QED) is 0.630. The number of hydrogen-bond donors (Lipinski definition) is 1. The van der Waals surface area contributed by atoms with Crippen molar-refractivity contribution in [2.45, 2.75) is 13.5 Å². The lowest BCUT2D eigenvalue weighted by Gasteiger charge is -2.13. The zero-order valence-electron chi connectivity index (χ0n) is 16.2. The standard InChI is InChI=1S/C21H18ClNO6S/c1-12-3-5-13(6-4-12)10-23-20(26)17(30-21(23)27)9-14-7-15(22)19(16(8-14)28-2)29-11-18(24)25/h3-9H,10-11H2,1-2H3,(H,24,25)/b17-9-. The largest absolute Gasteiger partial charge is 0.493 e. The molecule has 0 unspecified atom stereocenters. The van der Waals surface area contributed by atoms with Crippen LogP contribution in [-0.2, 0) is 16.1 Å². The minimum atomic E-state index is -1.15. The first-order valence-electron chi connectivity index (χ1n) is 8.81. The summed E-state index contributed by atoms with van der Waals surface area (Å²) >= 11 is 7.04. The van der Waals surface area contributed by atoms with Crippen LogP contribution >= 0.6 is 23.4 Å². The van der Waals surface area contributed by atoms with Gasteiger partial charge in [-0.25, -0.2) is 4.79 Å². The number of rotatable bonds is 7. The molecule has 1 N–H and O–H groups in total. The van der Waals surface area contributed by atoms with Crippen molar-refractivity contribution in [1.29, 1.82) is 0 Å². The maximum absolute atomic E-state index is 12.7. The number of carboxylic acid groups (broad SMARTS) is 1. The van der Waals surface area contributed by atoms with Crippen LogP contribution in [0.15, 0.2) is 41.3 Å². The van der Waals surface area contributed by atoms with Gasteiger partial charge in [0.1, 0.15) is 0 Å². The number of halogens is 1. The Morgan fingerprint density at radius 2 is 1.93 bits per heavy atom. The van der Waals surface area contributed by atoms with Crippen LogP contribution in [0.1, 0.15) is 16.7 Å². The molecule has 1 aliphatic rings. The van der Waals surface area contributed by atoms with Gasteiger partial charge < -0.3 is 14.6 Å². The minimum Gasteiger partial charge on any atom is -0.493 e. The van der Waals surface area contributed by atoms with Crippen LogP contribution in [0, 0.1) is 6.92 Å². The smallest absolute Gasteiger partial charge is 0.341 e. The van der Waals surface area contributed by atoms with Crippen LogP contribution < -0.4 is 9.47 Å². The summed E-state index contributed by atoms with van der Waals surface area (Å²) in [6, 6.07) is 10.7. The first-order chi connectivity index (χ1) is 14.3. The molecule has 2 amide bonds. The van der Waals surface area contributed by atoms with Crippen LogP contribution in [0.4, 0.5) is 4.79 Å². The number of amides is 2. The topological polar surface area (TPSA) is 93.1 Å². The molecule has 0 atom stereocenters. The van der Waals surface area contributed by atoms with Crippen molar-refractivity contribution in [3.05, 3.63) is 63.0 Å². The first kappa shape index (κ1) is 21.7. The van der Waals surface area contributed by atoms with Gasteiger partial charge in [0.15, 0.2) is 18.1 Å². The SMILES string of the molecule is COc1cc(/C=C2\SC(=O)N(Cc3ccc(C)cc3)C2=O)cc(Cl)c1OCC(=O)O. The second-order valence-electron chi connectivity index (χ2n) is 6.47. The van der Waals surface area contributed by atoms with Crippen molar-refractivity contribution in [3.8, 4) is 11.5 Å². The summed E-state index contributed by atoms with van der Waals surface area (Å²) in [5, 5.41) is 8.55. The molecule has 0 radical (unpaired) electrons. The van der Waals surface area contributed by atoms with E-state index in [9.17, 15) is 14.4 Å². The predicted molar refractivity (Wildman–Crippen MR) is 114 cm³/mol. The highest BCUT2D eigenvalue weighted by Gasteiger charge is 2.35. The maximum atomic E-state index is 12.7. The lowest BCUT2D eigenvalue weighted by Crippen LogP contribution is -2.27. The van der Waals surface area contributed by atoms with E-state index in [2.05, 4.69) is 0 Å². The van der Waals surface area contributed by atoms with E-state index in [0.29, 0.717) is 5.56 Å². The average Bonchev–Trinajstić information content (AvgIpc) is 2.95. The monoisotopic (exact) mass is 447 g/mol. The Kier molecular flexibility index (Phi) is 6.69. The molecule has 0 spiro atoms. The molecule has 9 heteroatoms. The van der Waals surface area contributed by atoms with E-state index < -0.39 is 18.5 Å². The van der Waals surface area contributed by atoms with Gasteiger partial charge in [0, 0.05) is 0 Å².